The molecular formula is C15H25NO. The number of hydrogen-bond acceptors (Lipinski definition) is 2. The van der Waals surface area contributed by atoms with Gasteiger partial charge in [0.05, 0.1) is 6.10 Å². The van der Waals surface area contributed by atoms with E-state index >= 15 is 0 Å². The molecule has 0 spiro atoms. The van der Waals surface area contributed by atoms with Crippen molar-refractivity contribution in [3.8, 4) is 0 Å². The number of likely N-dealkylation sites (N-methyl/N-ethyl adjacent to an activating group) is 1. The van der Waals surface area contributed by atoms with E-state index in [1.165, 1.54) is 11.1 Å². The number of aryl methyl sites for hydroxylation is 1. The molecule has 1 rings (SSSR count). The van der Waals surface area contributed by atoms with Crippen LogP contribution in [0.4, 0.5) is 0 Å². The first-order valence-electron chi connectivity index (χ1n) is 6.46. The van der Waals surface area contributed by atoms with Crippen LogP contribution < -0.4 is 5.32 Å². The van der Waals surface area contributed by atoms with Gasteiger partial charge in [0, 0.05) is 12.6 Å². The molecule has 1 atom stereocenters. The van der Waals surface area contributed by atoms with E-state index < -0.39 is 0 Å². The summed E-state index contributed by atoms with van der Waals surface area (Å²) in [6.45, 7) is 7.12. The molecule has 1 aromatic rings. The second kappa shape index (κ2) is 7.46. The van der Waals surface area contributed by atoms with Gasteiger partial charge in [-0.2, -0.15) is 0 Å². The summed E-state index contributed by atoms with van der Waals surface area (Å²) in [4.78, 5) is 0. The molecule has 0 aliphatic rings. The lowest BCUT2D eigenvalue weighted by Crippen LogP contribution is -2.29. The highest BCUT2D eigenvalue weighted by atomic mass is 16.5. The predicted molar refractivity (Wildman–Crippen MR) is 73.4 cm³/mol. The summed E-state index contributed by atoms with van der Waals surface area (Å²) >= 11 is 0. The van der Waals surface area contributed by atoms with Crippen molar-refractivity contribution in [1.29, 1.82) is 0 Å². The summed E-state index contributed by atoms with van der Waals surface area (Å²) in [6, 6.07) is 9.21. The number of nitrogens with one attached hydrogen (secondary N) is 1. The zero-order valence-electron chi connectivity index (χ0n) is 11.5. The third kappa shape index (κ3) is 5.85. The van der Waals surface area contributed by atoms with Gasteiger partial charge in [-0.15, -0.1) is 0 Å². The number of hydrogen-bond donors (Lipinski definition) is 1. The minimum absolute atomic E-state index is 0.325. The highest BCUT2D eigenvalue weighted by Gasteiger charge is 2.07. The van der Waals surface area contributed by atoms with Crippen molar-refractivity contribution in [3.63, 3.8) is 0 Å². The number of rotatable bonds is 7. The van der Waals surface area contributed by atoms with E-state index in [1.54, 1.807) is 0 Å². The van der Waals surface area contributed by atoms with Crippen LogP contribution in [0.5, 0.6) is 0 Å². The Balaban J connectivity index is 2.41. The summed E-state index contributed by atoms with van der Waals surface area (Å²) in [6.07, 6.45) is 2.45. The fourth-order valence-electron chi connectivity index (χ4n) is 1.92. The zero-order valence-corrected chi connectivity index (χ0v) is 11.5. The minimum Gasteiger partial charge on any atom is -0.379 e. The van der Waals surface area contributed by atoms with Gasteiger partial charge < -0.3 is 10.1 Å². The molecule has 0 bridgehead atoms. The van der Waals surface area contributed by atoms with Gasteiger partial charge >= 0.3 is 0 Å². The van der Waals surface area contributed by atoms with E-state index in [1.807, 2.05) is 7.05 Å². The van der Waals surface area contributed by atoms with Crippen LogP contribution in [-0.2, 0) is 11.2 Å². The molecule has 0 aliphatic heterocycles. The largest absolute Gasteiger partial charge is 0.379 e. The van der Waals surface area contributed by atoms with E-state index in [-0.39, 0.29) is 0 Å². The Bertz CT molecular complexity index is 322. The quantitative estimate of drug-likeness (QED) is 0.784. The molecule has 96 valence electrons. The first kappa shape index (κ1) is 14.2. The second-order valence-corrected chi connectivity index (χ2v) is 4.89. The fraction of sp³-hybridized carbons (Fsp3) is 0.600. The normalized spacial score (nSPS) is 13.0. The van der Waals surface area contributed by atoms with Crippen LogP contribution in [0.1, 0.15) is 31.4 Å². The fourth-order valence-corrected chi connectivity index (χ4v) is 1.92. The smallest absolute Gasteiger partial charge is 0.0518 e. The van der Waals surface area contributed by atoms with Gasteiger partial charge in [-0.3, -0.25) is 0 Å². The van der Waals surface area contributed by atoms with Crippen LogP contribution in [0.2, 0.25) is 0 Å². The van der Waals surface area contributed by atoms with Gasteiger partial charge in [0.25, 0.3) is 0 Å². The molecule has 1 N–H and O–H groups in total. The van der Waals surface area contributed by atoms with Crippen LogP contribution in [-0.4, -0.2) is 25.8 Å². The van der Waals surface area contributed by atoms with Crippen LogP contribution in [0.3, 0.4) is 0 Å². The lowest BCUT2D eigenvalue weighted by atomic mass is 10.0. The third-order valence-electron chi connectivity index (χ3n) is 2.89. The first-order valence-corrected chi connectivity index (χ1v) is 6.46. The van der Waals surface area contributed by atoms with Crippen molar-refractivity contribution in [3.05, 3.63) is 35.4 Å². The maximum atomic E-state index is 5.60. The summed E-state index contributed by atoms with van der Waals surface area (Å²) in [5, 5.41) is 3.36. The molecule has 1 aromatic carbocycles. The van der Waals surface area contributed by atoms with Crippen molar-refractivity contribution in [2.45, 2.75) is 45.8 Å². The summed E-state index contributed by atoms with van der Waals surface area (Å²) in [7, 11) is 2.02. The van der Waals surface area contributed by atoms with E-state index in [0.29, 0.717) is 12.1 Å². The lowest BCUT2D eigenvalue weighted by Gasteiger charge is -2.17. The monoisotopic (exact) mass is 235 g/mol. The summed E-state index contributed by atoms with van der Waals surface area (Å²) < 4.78 is 5.60. The average Bonchev–Trinajstić information content (AvgIpc) is 2.27. The highest BCUT2D eigenvalue weighted by Crippen LogP contribution is 2.09. The molecule has 0 heterocycles. The molecule has 0 aromatic heterocycles. The maximum absolute atomic E-state index is 5.60. The summed E-state index contributed by atoms with van der Waals surface area (Å²) in [5.74, 6) is 0. The number of ether oxygens (including phenoxy) is 1. The van der Waals surface area contributed by atoms with Gasteiger partial charge in [0.1, 0.15) is 0 Å². The van der Waals surface area contributed by atoms with E-state index in [0.717, 1.165) is 19.4 Å². The molecule has 2 nitrogen and oxygen atoms in total. The Morgan fingerprint density at radius 1 is 1.29 bits per heavy atom. The molecular weight excluding hydrogens is 210 g/mol. The average molecular weight is 235 g/mol. The van der Waals surface area contributed by atoms with Crippen molar-refractivity contribution >= 4 is 0 Å². The maximum Gasteiger partial charge on any atom is 0.0518 e. The second-order valence-electron chi connectivity index (χ2n) is 4.89. The van der Waals surface area contributed by atoms with Crippen molar-refractivity contribution in [2.24, 2.45) is 0 Å². The van der Waals surface area contributed by atoms with Crippen LogP contribution in [0, 0.1) is 6.92 Å². The van der Waals surface area contributed by atoms with Gasteiger partial charge in [0.15, 0.2) is 0 Å². The van der Waals surface area contributed by atoms with Crippen molar-refractivity contribution in [1.82, 2.24) is 5.32 Å². The minimum atomic E-state index is 0.325. The Labute approximate surface area is 105 Å². The Morgan fingerprint density at radius 2 is 2.06 bits per heavy atom. The summed E-state index contributed by atoms with van der Waals surface area (Å²) in [5.41, 5.74) is 2.73. The molecule has 1 unspecified atom stereocenters. The van der Waals surface area contributed by atoms with Gasteiger partial charge in [-0.1, -0.05) is 29.8 Å². The Morgan fingerprint density at radius 3 is 2.65 bits per heavy atom. The van der Waals surface area contributed by atoms with Crippen LogP contribution in [0.15, 0.2) is 24.3 Å². The molecule has 0 saturated carbocycles. The SMILES string of the molecule is CNC(CCOC(C)C)Cc1cccc(C)c1. The standard InChI is InChI=1S/C15H25NO/c1-12(2)17-9-8-15(16-4)11-14-7-5-6-13(3)10-14/h5-7,10,12,15-16H,8-9,11H2,1-4H3. The number of benzene rings is 1. The van der Waals surface area contributed by atoms with Gasteiger partial charge in [-0.05, 0) is 46.2 Å². The first-order chi connectivity index (χ1) is 8.11. The molecule has 17 heavy (non-hydrogen) atoms. The van der Waals surface area contributed by atoms with E-state index in [9.17, 15) is 0 Å². The van der Waals surface area contributed by atoms with Crippen LogP contribution in [0.25, 0.3) is 0 Å². The molecule has 0 fully saturated rings. The molecule has 2 heteroatoms. The lowest BCUT2D eigenvalue weighted by molar-refractivity contribution is 0.0720. The molecule has 0 aliphatic carbocycles. The zero-order chi connectivity index (χ0) is 12.7. The third-order valence-corrected chi connectivity index (χ3v) is 2.89. The van der Waals surface area contributed by atoms with E-state index in [2.05, 4.69) is 50.4 Å². The molecule has 0 radical (unpaired) electrons. The van der Waals surface area contributed by atoms with Gasteiger partial charge in [0.2, 0.25) is 0 Å². The molecule has 0 amide bonds. The van der Waals surface area contributed by atoms with Crippen LogP contribution >= 0.6 is 0 Å². The van der Waals surface area contributed by atoms with E-state index in [4.69, 9.17) is 4.74 Å². The topological polar surface area (TPSA) is 21.3 Å². The Kier molecular flexibility index (Phi) is 6.23. The van der Waals surface area contributed by atoms with Crippen molar-refractivity contribution < 1.29 is 4.74 Å². The Hall–Kier alpha value is -0.860. The van der Waals surface area contributed by atoms with Crippen molar-refractivity contribution in [2.75, 3.05) is 13.7 Å². The molecule has 0 saturated heterocycles. The highest BCUT2D eigenvalue weighted by molar-refractivity contribution is 5.22. The van der Waals surface area contributed by atoms with Gasteiger partial charge in [-0.25, -0.2) is 0 Å². The predicted octanol–water partition coefficient (Wildman–Crippen LogP) is 2.94.